The van der Waals surface area contributed by atoms with Crippen molar-refractivity contribution in [3.8, 4) is 33.6 Å². The minimum Gasteiger partial charge on any atom is -0.453 e. The topological polar surface area (TPSA) is 175 Å². The Morgan fingerprint density at radius 3 is 1.61 bits per heavy atom. The third-order valence-electron chi connectivity index (χ3n) is 10.9. The first kappa shape index (κ1) is 40.0. The highest BCUT2D eigenvalue weighted by Gasteiger charge is 2.41. The molecule has 14 heteroatoms. The van der Waals surface area contributed by atoms with Gasteiger partial charge in [0.15, 0.2) is 0 Å². The van der Waals surface area contributed by atoms with Crippen LogP contribution in [0.15, 0.2) is 60.9 Å². The minimum atomic E-state index is -0.700. The Hall–Kier alpha value is -5.66. The van der Waals surface area contributed by atoms with Crippen molar-refractivity contribution in [2.45, 2.75) is 78.6 Å². The summed E-state index contributed by atoms with van der Waals surface area (Å²) in [6, 6.07) is 14.6. The van der Waals surface area contributed by atoms with Gasteiger partial charge in [0.1, 0.15) is 23.7 Å². The summed E-state index contributed by atoms with van der Waals surface area (Å²) < 4.78 is 9.55. The van der Waals surface area contributed by atoms with Crippen molar-refractivity contribution < 1.29 is 28.7 Å². The third kappa shape index (κ3) is 8.58. The summed E-state index contributed by atoms with van der Waals surface area (Å²) >= 11 is 0. The highest BCUT2D eigenvalue weighted by molar-refractivity contribution is 5.87. The van der Waals surface area contributed by atoms with Gasteiger partial charge >= 0.3 is 12.2 Å². The molecule has 2 saturated heterocycles. The van der Waals surface area contributed by atoms with Crippen LogP contribution in [0.3, 0.4) is 0 Å². The van der Waals surface area contributed by atoms with Crippen molar-refractivity contribution in [3.63, 3.8) is 0 Å². The highest BCUT2D eigenvalue weighted by atomic mass is 16.5. The van der Waals surface area contributed by atoms with E-state index in [2.05, 4.69) is 70.8 Å². The number of imidazole rings is 2. The monoisotopic (exact) mass is 766 g/mol. The molecule has 1 unspecified atom stereocenters. The van der Waals surface area contributed by atoms with Crippen LogP contribution in [0.5, 0.6) is 0 Å². The summed E-state index contributed by atoms with van der Waals surface area (Å²) in [4.78, 5) is 71.4. The molecule has 0 radical (unpaired) electrons. The number of H-pyrrole nitrogens is 2. The fourth-order valence-electron chi connectivity index (χ4n) is 7.84. The standard InChI is InChI=1S/C42H54N8O6/c1-23(2)35(47-41(53)55-7)39(51)49-21-25(5)17-33(49)37-43-19-31(45-37)29-13-9-27(10-14-29)28-11-15-30(16-12-28)32-20-44-38(46-32)34-18-26(6)22-50(34)40(52)36(24(3)4)48-42(54)56-8/h9-16,19-20,23-26,33-36H,17-18,21-22H2,1-8H3,(H,43,45)(H,44,46)(H,47,53)(H,48,54)/t25-,26-,33+,34?,35+,36+/m1/s1. The average Bonchev–Trinajstić information content (AvgIpc) is 4.02. The molecule has 0 spiro atoms. The van der Waals surface area contributed by atoms with Crippen LogP contribution in [-0.4, -0.2) is 93.1 Å². The largest absolute Gasteiger partial charge is 0.453 e. The molecule has 0 aliphatic carbocycles. The predicted octanol–water partition coefficient (Wildman–Crippen LogP) is 6.71. The lowest BCUT2D eigenvalue weighted by atomic mass is 10.0. The van der Waals surface area contributed by atoms with Crippen LogP contribution in [-0.2, 0) is 19.1 Å². The number of carbonyl (C=O) groups is 4. The first-order valence-electron chi connectivity index (χ1n) is 19.4. The molecule has 2 fully saturated rings. The molecule has 4 aromatic rings. The van der Waals surface area contributed by atoms with Crippen molar-refractivity contribution in [3.05, 3.63) is 72.6 Å². The second-order valence-electron chi connectivity index (χ2n) is 15.9. The van der Waals surface area contributed by atoms with Crippen LogP contribution in [0.2, 0.25) is 0 Å². The Morgan fingerprint density at radius 2 is 1.14 bits per heavy atom. The fraction of sp³-hybridized carbons (Fsp3) is 0.476. The molecule has 2 aliphatic rings. The van der Waals surface area contributed by atoms with Gasteiger partial charge in [0.05, 0.1) is 43.9 Å². The van der Waals surface area contributed by atoms with E-state index in [1.165, 1.54) is 14.2 Å². The molecule has 4 N–H and O–H groups in total. The molecule has 0 bridgehead atoms. The van der Waals surface area contributed by atoms with E-state index in [1.54, 1.807) is 6.20 Å². The lowest BCUT2D eigenvalue weighted by Crippen LogP contribution is -2.51. The summed E-state index contributed by atoms with van der Waals surface area (Å²) in [6.45, 7) is 13.0. The highest BCUT2D eigenvalue weighted by Crippen LogP contribution is 2.38. The second-order valence-corrected chi connectivity index (χ2v) is 15.9. The number of nitrogens with one attached hydrogen (secondary N) is 4. The molecule has 2 aliphatic heterocycles. The molecule has 0 saturated carbocycles. The van der Waals surface area contributed by atoms with Gasteiger partial charge in [0.25, 0.3) is 0 Å². The summed E-state index contributed by atoms with van der Waals surface area (Å²) in [5.41, 5.74) is 5.66. The maximum absolute atomic E-state index is 13.7. The number of hydrogen-bond donors (Lipinski definition) is 4. The van der Waals surface area contributed by atoms with Crippen molar-refractivity contribution >= 4 is 24.0 Å². The van der Waals surface area contributed by atoms with E-state index in [-0.39, 0.29) is 47.6 Å². The maximum Gasteiger partial charge on any atom is 0.407 e. The molecular formula is C42H54N8O6. The Kier molecular flexibility index (Phi) is 12.2. The van der Waals surface area contributed by atoms with Gasteiger partial charge < -0.3 is 39.9 Å². The SMILES string of the molecule is COC(=O)N[C@H](C(=O)N1C[C@H](C)CC1c1nc(-c2ccc(-c3ccc(-c4cnc([C@@H]5C[C@@H](C)CN5C(=O)[C@@H](NC(=O)OC)C(C)C)[nH]4)cc3)cc2)c[nH]1)C(C)C. The van der Waals surface area contributed by atoms with Crippen LogP contribution in [0.1, 0.15) is 78.1 Å². The molecule has 14 nitrogen and oxygen atoms in total. The van der Waals surface area contributed by atoms with Crippen LogP contribution in [0.4, 0.5) is 9.59 Å². The quantitative estimate of drug-likeness (QED) is 0.130. The first-order chi connectivity index (χ1) is 26.8. The van der Waals surface area contributed by atoms with E-state index in [0.717, 1.165) is 58.1 Å². The fourth-order valence-corrected chi connectivity index (χ4v) is 7.84. The van der Waals surface area contributed by atoms with Gasteiger partial charge in [-0.3, -0.25) is 9.59 Å². The Bertz CT molecular complexity index is 1860. The van der Waals surface area contributed by atoms with Crippen LogP contribution in [0, 0.1) is 23.7 Å². The second kappa shape index (κ2) is 17.0. The number of nitrogens with zero attached hydrogens (tertiary/aromatic N) is 4. The van der Waals surface area contributed by atoms with Crippen molar-refractivity contribution in [2.24, 2.45) is 23.7 Å². The number of alkyl carbamates (subject to hydrolysis) is 2. The summed E-state index contributed by atoms with van der Waals surface area (Å²) in [7, 11) is 2.58. The maximum atomic E-state index is 13.7. The lowest BCUT2D eigenvalue weighted by Gasteiger charge is -2.30. The van der Waals surface area contributed by atoms with Crippen LogP contribution < -0.4 is 10.6 Å². The number of aromatic nitrogens is 4. The van der Waals surface area contributed by atoms with E-state index >= 15 is 0 Å². The van der Waals surface area contributed by atoms with Gasteiger partial charge in [-0.25, -0.2) is 19.6 Å². The first-order valence-corrected chi connectivity index (χ1v) is 19.4. The number of rotatable bonds is 11. The molecule has 2 aromatic heterocycles. The van der Waals surface area contributed by atoms with Crippen molar-refractivity contribution in [2.75, 3.05) is 27.3 Å². The zero-order valence-corrected chi connectivity index (χ0v) is 33.5. The molecule has 2 aromatic carbocycles. The predicted molar refractivity (Wildman–Crippen MR) is 212 cm³/mol. The minimum absolute atomic E-state index is 0.114. The van der Waals surface area contributed by atoms with Gasteiger partial charge in [-0.05, 0) is 53.2 Å². The number of benzene rings is 2. The molecule has 56 heavy (non-hydrogen) atoms. The van der Waals surface area contributed by atoms with Gasteiger partial charge in [0.2, 0.25) is 11.8 Å². The van der Waals surface area contributed by atoms with Crippen molar-refractivity contribution in [1.82, 2.24) is 40.4 Å². The number of hydrogen-bond acceptors (Lipinski definition) is 8. The Balaban J connectivity index is 1.13. The van der Waals surface area contributed by atoms with E-state index in [1.807, 2.05) is 55.8 Å². The zero-order valence-electron chi connectivity index (χ0n) is 33.5. The number of ether oxygens (including phenoxy) is 2. The van der Waals surface area contributed by atoms with Gasteiger partial charge in [-0.2, -0.15) is 0 Å². The van der Waals surface area contributed by atoms with Gasteiger partial charge in [-0.15, -0.1) is 0 Å². The molecule has 298 valence electrons. The smallest absolute Gasteiger partial charge is 0.407 e. The third-order valence-corrected chi connectivity index (χ3v) is 10.9. The average molecular weight is 767 g/mol. The molecular weight excluding hydrogens is 713 g/mol. The van der Waals surface area contributed by atoms with E-state index in [0.29, 0.717) is 13.1 Å². The normalized spacial score (nSPS) is 20.6. The zero-order chi connectivity index (χ0) is 40.3. The Morgan fingerprint density at radius 1 is 0.696 bits per heavy atom. The number of amides is 4. The molecule has 6 rings (SSSR count). The summed E-state index contributed by atoms with van der Waals surface area (Å²) in [5.74, 6) is 1.48. The number of carbonyl (C=O) groups excluding carboxylic acids is 4. The van der Waals surface area contributed by atoms with Crippen LogP contribution in [0.25, 0.3) is 33.6 Å². The van der Waals surface area contributed by atoms with E-state index in [4.69, 9.17) is 19.4 Å². The van der Waals surface area contributed by atoms with Crippen LogP contribution >= 0.6 is 0 Å². The number of methoxy groups -OCH3 is 2. The number of aromatic amines is 2. The molecule has 6 atom stereocenters. The Labute approximate surface area is 328 Å². The lowest BCUT2D eigenvalue weighted by molar-refractivity contribution is -0.136. The summed E-state index contributed by atoms with van der Waals surface area (Å²) in [6.07, 6.45) is 3.96. The van der Waals surface area contributed by atoms with E-state index in [9.17, 15) is 19.2 Å². The van der Waals surface area contributed by atoms with Gasteiger partial charge in [-0.1, -0.05) is 90.1 Å². The van der Waals surface area contributed by atoms with Crippen molar-refractivity contribution in [1.29, 1.82) is 0 Å². The van der Waals surface area contributed by atoms with Gasteiger partial charge in [0, 0.05) is 24.8 Å². The molecule has 4 amide bonds. The van der Waals surface area contributed by atoms with E-state index < -0.39 is 24.3 Å². The molecule has 4 heterocycles. The number of likely N-dealkylation sites (tertiary alicyclic amines) is 2. The summed E-state index contributed by atoms with van der Waals surface area (Å²) in [5, 5.41) is 5.42.